The van der Waals surface area contributed by atoms with E-state index in [9.17, 15) is 0 Å². The zero-order valence-corrected chi connectivity index (χ0v) is 5.26. The molecule has 5 N–H and O–H groups in total. The van der Waals surface area contributed by atoms with E-state index in [-0.39, 0.29) is 0 Å². The molecule has 1 aliphatic heterocycles. The van der Waals surface area contributed by atoms with Gasteiger partial charge in [0.15, 0.2) is 0 Å². The van der Waals surface area contributed by atoms with Gasteiger partial charge in [-0.2, -0.15) is 0 Å². The Bertz CT molecular complexity index is 297. The van der Waals surface area contributed by atoms with Gasteiger partial charge in [-0.25, -0.2) is 5.32 Å². The van der Waals surface area contributed by atoms with Crippen molar-refractivity contribution in [1.82, 2.24) is 10.3 Å². The minimum Gasteiger partial charge on any atom is -0.385 e. The molecular formula is C6H7N4. The number of nitrogens with one attached hydrogen (secondary N) is 1. The van der Waals surface area contributed by atoms with Crippen molar-refractivity contribution in [1.29, 1.82) is 0 Å². The Kier molecular flexibility index (Phi) is 0.768. The molecule has 51 valence electrons. The second-order valence-corrected chi connectivity index (χ2v) is 2.20. The molecule has 2 heterocycles. The topological polar surface area (TPSA) is 81.9 Å². The number of nitrogen functional groups attached to an aromatic ring is 1. The van der Waals surface area contributed by atoms with Crippen LogP contribution in [0.4, 0.5) is 11.5 Å². The molecule has 1 radical (unpaired) electrons. The van der Waals surface area contributed by atoms with Gasteiger partial charge in [-0.05, 0) is 0 Å². The lowest BCUT2D eigenvalue weighted by atomic mass is 10.4. The van der Waals surface area contributed by atoms with E-state index < -0.39 is 0 Å². The molecule has 0 bridgehead atoms. The van der Waals surface area contributed by atoms with Crippen LogP contribution < -0.4 is 16.8 Å². The van der Waals surface area contributed by atoms with Crippen LogP contribution in [-0.4, -0.2) is 4.98 Å². The summed E-state index contributed by atoms with van der Waals surface area (Å²) >= 11 is 0. The summed E-state index contributed by atoms with van der Waals surface area (Å²) in [6, 6.07) is 1.76. The third-order valence-corrected chi connectivity index (χ3v) is 1.39. The Balaban J connectivity index is 2.53. The highest BCUT2D eigenvalue weighted by atomic mass is 15.0. The minimum absolute atomic E-state index is 0.529. The number of aromatic nitrogens is 1. The fourth-order valence-corrected chi connectivity index (χ4v) is 1.00. The molecule has 1 aromatic rings. The first-order valence-corrected chi connectivity index (χ1v) is 2.93. The maximum atomic E-state index is 5.45. The third-order valence-electron chi connectivity index (χ3n) is 1.39. The average molecular weight is 135 g/mol. The Hall–Kier alpha value is -1.58. The van der Waals surface area contributed by atoms with Crippen LogP contribution in [0.3, 0.4) is 0 Å². The first-order chi connectivity index (χ1) is 4.75. The maximum Gasteiger partial charge on any atom is 0.126 e. The maximum absolute atomic E-state index is 5.45. The molecule has 1 aromatic heterocycles. The molecule has 4 heteroatoms. The molecule has 0 fully saturated rings. The molecule has 0 saturated heterocycles. The van der Waals surface area contributed by atoms with Crippen LogP contribution in [0.25, 0.3) is 6.08 Å². The number of hydrogen-bond acceptors (Lipinski definition) is 2. The third kappa shape index (κ3) is 0.556. The summed E-state index contributed by atoms with van der Waals surface area (Å²) in [7, 11) is 0. The summed E-state index contributed by atoms with van der Waals surface area (Å²) in [5.74, 6) is 1.15. The molecule has 0 aliphatic carbocycles. The molecule has 0 unspecified atom stereocenters. The van der Waals surface area contributed by atoms with Gasteiger partial charge >= 0.3 is 0 Å². The van der Waals surface area contributed by atoms with Crippen LogP contribution >= 0.6 is 0 Å². The van der Waals surface area contributed by atoms with Crippen molar-refractivity contribution in [3.05, 3.63) is 17.6 Å². The first-order valence-electron chi connectivity index (χ1n) is 2.93. The second kappa shape index (κ2) is 1.47. The van der Waals surface area contributed by atoms with Gasteiger partial charge in [0, 0.05) is 12.1 Å². The molecule has 0 amide bonds. The highest BCUT2D eigenvalue weighted by molar-refractivity contribution is 5.72. The Labute approximate surface area is 57.9 Å². The van der Waals surface area contributed by atoms with E-state index in [0.717, 1.165) is 11.4 Å². The number of hydrogen-bond donors (Lipinski definition) is 3. The lowest BCUT2D eigenvalue weighted by molar-refractivity contribution is 1.06. The van der Waals surface area contributed by atoms with E-state index in [2.05, 4.69) is 10.3 Å². The molecule has 1 aliphatic rings. The largest absolute Gasteiger partial charge is 0.385 e. The van der Waals surface area contributed by atoms with Crippen molar-refractivity contribution in [2.45, 2.75) is 0 Å². The van der Waals surface area contributed by atoms with E-state index in [4.69, 9.17) is 11.5 Å². The second-order valence-electron chi connectivity index (χ2n) is 2.20. The van der Waals surface area contributed by atoms with Crippen molar-refractivity contribution >= 4 is 17.6 Å². The lowest BCUT2D eigenvalue weighted by Crippen LogP contribution is -2.02. The smallest absolute Gasteiger partial charge is 0.126 e. The van der Waals surface area contributed by atoms with E-state index in [1.165, 1.54) is 0 Å². The number of anilines is 1. The van der Waals surface area contributed by atoms with Crippen LogP contribution in [0, 0.1) is 0 Å². The van der Waals surface area contributed by atoms with Gasteiger partial charge in [0.1, 0.15) is 11.6 Å². The van der Waals surface area contributed by atoms with Gasteiger partial charge in [0.25, 0.3) is 0 Å². The molecule has 4 nitrogen and oxygen atoms in total. The quantitative estimate of drug-likeness (QED) is 0.471. The van der Waals surface area contributed by atoms with E-state index in [0.29, 0.717) is 11.6 Å². The number of nitrogens with zero attached hydrogens (tertiary/aromatic N) is 1. The van der Waals surface area contributed by atoms with Crippen LogP contribution in [0.15, 0.2) is 11.9 Å². The van der Waals surface area contributed by atoms with E-state index >= 15 is 0 Å². The van der Waals surface area contributed by atoms with E-state index in [1.807, 2.05) is 0 Å². The monoisotopic (exact) mass is 135 g/mol. The summed E-state index contributed by atoms with van der Waals surface area (Å²) in [6.07, 6.45) is 1.76. The summed E-state index contributed by atoms with van der Waals surface area (Å²) in [4.78, 5) is 2.91. The minimum atomic E-state index is 0.529. The molecule has 0 atom stereocenters. The van der Waals surface area contributed by atoms with Gasteiger partial charge in [0.2, 0.25) is 0 Å². The summed E-state index contributed by atoms with van der Waals surface area (Å²) in [6.45, 7) is 0. The summed E-state index contributed by atoms with van der Waals surface area (Å²) in [5, 5.41) is 4.00. The predicted molar refractivity (Wildman–Crippen MR) is 39.2 cm³/mol. The van der Waals surface area contributed by atoms with Crippen molar-refractivity contribution in [3.63, 3.8) is 0 Å². The normalized spacial score (nSPS) is 14.2. The first kappa shape index (κ1) is 5.22. The molecule has 0 spiro atoms. The number of fused-ring (bicyclic) bond motifs is 1. The number of rotatable bonds is 0. The SMILES string of the molecule is NC1=Cc2[nH]c(N)cc2[N]1. The fourth-order valence-electron chi connectivity index (χ4n) is 1.00. The van der Waals surface area contributed by atoms with Crippen LogP contribution in [-0.2, 0) is 0 Å². The highest BCUT2D eigenvalue weighted by Crippen LogP contribution is 2.26. The van der Waals surface area contributed by atoms with Crippen LogP contribution in [0.2, 0.25) is 0 Å². The zero-order valence-electron chi connectivity index (χ0n) is 5.26. The number of H-pyrrole nitrogens is 1. The van der Waals surface area contributed by atoms with Gasteiger partial charge in [-0.15, -0.1) is 0 Å². The van der Waals surface area contributed by atoms with Crippen molar-refractivity contribution in [3.8, 4) is 0 Å². The fraction of sp³-hybridized carbons (Fsp3) is 0. The van der Waals surface area contributed by atoms with Crippen molar-refractivity contribution in [2.24, 2.45) is 5.73 Å². The molecule has 10 heavy (non-hydrogen) atoms. The molecule has 0 aromatic carbocycles. The summed E-state index contributed by atoms with van der Waals surface area (Å²) < 4.78 is 0. The van der Waals surface area contributed by atoms with Gasteiger partial charge in [-0.1, -0.05) is 0 Å². The van der Waals surface area contributed by atoms with Gasteiger partial charge in [0.05, 0.1) is 11.4 Å². The van der Waals surface area contributed by atoms with E-state index in [1.54, 1.807) is 12.1 Å². The summed E-state index contributed by atoms with van der Waals surface area (Å²) in [5.41, 5.74) is 12.6. The predicted octanol–water partition coefficient (Wildman–Crippen LogP) is 0.104. The Morgan fingerprint density at radius 1 is 1.40 bits per heavy atom. The van der Waals surface area contributed by atoms with Crippen molar-refractivity contribution < 1.29 is 0 Å². The number of nitrogens with two attached hydrogens (primary N) is 2. The highest BCUT2D eigenvalue weighted by Gasteiger charge is 2.12. The number of aromatic amines is 1. The van der Waals surface area contributed by atoms with Gasteiger partial charge < -0.3 is 16.5 Å². The standard InChI is InChI=1S/C6H7N4/c7-5-1-3-4(10-5)2-6(8)9-3/h1-2,9H,7-8H2. The molecule has 2 rings (SSSR count). The molecule has 0 saturated carbocycles. The molecular weight excluding hydrogens is 128 g/mol. The Morgan fingerprint density at radius 2 is 2.20 bits per heavy atom. The zero-order chi connectivity index (χ0) is 7.14. The lowest BCUT2D eigenvalue weighted by Gasteiger charge is -1.88. The van der Waals surface area contributed by atoms with Crippen LogP contribution in [0.1, 0.15) is 5.69 Å². The van der Waals surface area contributed by atoms with Gasteiger partial charge in [-0.3, -0.25) is 0 Å². The Morgan fingerprint density at radius 3 is 2.90 bits per heavy atom. The average Bonchev–Trinajstić information content (AvgIpc) is 2.21. The van der Waals surface area contributed by atoms with Crippen molar-refractivity contribution in [2.75, 3.05) is 5.73 Å². The van der Waals surface area contributed by atoms with Crippen LogP contribution in [0.5, 0.6) is 0 Å².